The minimum Gasteiger partial charge on any atom is -0.341 e. The summed E-state index contributed by atoms with van der Waals surface area (Å²) in [6, 6.07) is 1.31. The van der Waals surface area contributed by atoms with E-state index in [0.717, 1.165) is 25.9 Å². The first-order chi connectivity index (χ1) is 7.57. The first-order valence-corrected chi connectivity index (χ1v) is 6.73. The van der Waals surface area contributed by atoms with Crippen LogP contribution in [0, 0.1) is 0 Å². The van der Waals surface area contributed by atoms with E-state index < -0.39 is 10.0 Å². The molecule has 0 aromatic carbocycles. The van der Waals surface area contributed by atoms with Crippen LogP contribution in [0.2, 0.25) is 0 Å². The van der Waals surface area contributed by atoms with Crippen LogP contribution in [-0.4, -0.2) is 31.5 Å². The smallest absolute Gasteiger partial charge is 0.255 e. The minimum absolute atomic E-state index is 0.122. The normalized spacial score (nSPS) is 17.4. The maximum Gasteiger partial charge on any atom is 0.255 e. The predicted molar refractivity (Wildman–Crippen MR) is 59.5 cm³/mol. The molecule has 2 rings (SSSR count). The molecule has 7 heteroatoms. The molecule has 0 aliphatic carbocycles. The SMILES string of the molecule is NS(=O)(=O)c1ccnc(N2CCCCC2)n1. The van der Waals surface area contributed by atoms with Crippen LogP contribution in [0.15, 0.2) is 17.3 Å². The molecule has 0 unspecified atom stereocenters. The van der Waals surface area contributed by atoms with E-state index in [4.69, 9.17) is 5.14 Å². The molecule has 1 aromatic rings. The molecule has 1 aromatic heterocycles. The third-order valence-corrected chi connectivity index (χ3v) is 3.36. The zero-order chi connectivity index (χ0) is 11.6. The van der Waals surface area contributed by atoms with Gasteiger partial charge in [0.15, 0.2) is 5.03 Å². The molecule has 1 fully saturated rings. The summed E-state index contributed by atoms with van der Waals surface area (Å²) in [5, 5.41) is 4.90. The van der Waals surface area contributed by atoms with Gasteiger partial charge in [-0.25, -0.2) is 18.5 Å². The Balaban J connectivity index is 2.28. The van der Waals surface area contributed by atoms with Gasteiger partial charge in [-0.1, -0.05) is 0 Å². The van der Waals surface area contributed by atoms with Crippen LogP contribution >= 0.6 is 0 Å². The van der Waals surface area contributed by atoms with E-state index >= 15 is 0 Å². The van der Waals surface area contributed by atoms with Gasteiger partial charge in [-0.05, 0) is 25.3 Å². The predicted octanol–water partition coefficient (Wildman–Crippen LogP) is 0.114. The summed E-state index contributed by atoms with van der Waals surface area (Å²) in [5.74, 6) is 0.450. The van der Waals surface area contributed by atoms with E-state index in [1.807, 2.05) is 4.90 Å². The van der Waals surface area contributed by atoms with Crippen LogP contribution in [0.1, 0.15) is 19.3 Å². The number of hydrogen-bond donors (Lipinski definition) is 1. The molecule has 6 nitrogen and oxygen atoms in total. The molecule has 1 aliphatic rings. The molecule has 16 heavy (non-hydrogen) atoms. The Hall–Kier alpha value is -1.21. The average Bonchev–Trinajstić information content (AvgIpc) is 2.29. The van der Waals surface area contributed by atoms with Gasteiger partial charge in [0.25, 0.3) is 10.0 Å². The van der Waals surface area contributed by atoms with Crippen molar-refractivity contribution in [2.24, 2.45) is 5.14 Å². The van der Waals surface area contributed by atoms with Crippen LogP contribution in [-0.2, 0) is 10.0 Å². The number of rotatable bonds is 2. The highest BCUT2D eigenvalue weighted by Gasteiger charge is 2.16. The van der Waals surface area contributed by atoms with Crippen molar-refractivity contribution in [1.82, 2.24) is 9.97 Å². The Morgan fingerprint density at radius 1 is 1.25 bits per heavy atom. The molecule has 0 bridgehead atoms. The summed E-state index contributed by atoms with van der Waals surface area (Å²) in [6.07, 6.45) is 4.80. The average molecular weight is 242 g/mol. The van der Waals surface area contributed by atoms with Crippen LogP contribution in [0.5, 0.6) is 0 Å². The molecule has 2 heterocycles. The number of aromatic nitrogens is 2. The monoisotopic (exact) mass is 242 g/mol. The van der Waals surface area contributed by atoms with Gasteiger partial charge in [-0.3, -0.25) is 0 Å². The summed E-state index contributed by atoms with van der Waals surface area (Å²) in [5.41, 5.74) is 0. The quantitative estimate of drug-likeness (QED) is 0.744. The van der Waals surface area contributed by atoms with E-state index in [2.05, 4.69) is 9.97 Å². The fourth-order valence-corrected chi connectivity index (χ4v) is 2.20. The van der Waals surface area contributed by atoms with Gasteiger partial charge in [-0.15, -0.1) is 0 Å². The van der Waals surface area contributed by atoms with Gasteiger partial charge in [-0.2, -0.15) is 4.98 Å². The van der Waals surface area contributed by atoms with Gasteiger partial charge >= 0.3 is 0 Å². The molecule has 0 spiro atoms. The molecule has 1 aliphatic heterocycles. The molecular weight excluding hydrogens is 228 g/mol. The number of hydrogen-bond acceptors (Lipinski definition) is 5. The van der Waals surface area contributed by atoms with Gasteiger partial charge in [0.05, 0.1) is 0 Å². The third kappa shape index (κ3) is 2.48. The Labute approximate surface area is 94.6 Å². The number of nitrogens with zero attached hydrogens (tertiary/aromatic N) is 3. The van der Waals surface area contributed by atoms with Crippen LogP contribution in [0.25, 0.3) is 0 Å². The van der Waals surface area contributed by atoms with Gasteiger partial charge in [0.1, 0.15) is 0 Å². The first kappa shape index (κ1) is 11.3. The number of sulfonamides is 1. The minimum atomic E-state index is -3.74. The molecule has 88 valence electrons. The van der Waals surface area contributed by atoms with Crippen molar-refractivity contribution in [2.45, 2.75) is 24.3 Å². The van der Waals surface area contributed by atoms with E-state index in [9.17, 15) is 8.42 Å². The fraction of sp³-hybridized carbons (Fsp3) is 0.556. The van der Waals surface area contributed by atoms with Crippen LogP contribution < -0.4 is 10.0 Å². The number of piperidine rings is 1. The molecular formula is C9H14N4O2S. The van der Waals surface area contributed by atoms with Crippen molar-refractivity contribution in [2.75, 3.05) is 18.0 Å². The van der Waals surface area contributed by atoms with Crippen molar-refractivity contribution in [3.8, 4) is 0 Å². The highest BCUT2D eigenvalue weighted by atomic mass is 32.2. The summed E-state index contributed by atoms with van der Waals surface area (Å²) < 4.78 is 22.3. The maximum atomic E-state index is 11.1. The van der Waals surface area contributed by atoms with E-state index in [1.165, 1.54) is 18.7 Å². The summed E-state index contributed by atoms with van der Waals surface area (Å²) in [4.78, 5) is 10.0. The molecule has 0 saturated carbocycles. The largest absolute Gasteiger partial charge is 0.341 e. The lowest BCUT2D eigenvalue weighted by molar-refractivity contribution is 0.564. The zero-order valence-corrected chi connectivity index (χ0v) is 9.65. The van der Waals surface area contributed by atoms with Gasteiger partial charge in [0.2, 0.25) is 5.95 Å². The van der Waals surface area contributed by atoms with Crippen molar-refractivity contribution in [1.29, 1.82) is 0 Å². The second-order valence-corrected chi connectivity index (χ2v) is 5.30. The van der Waals surface area contributed by atoms with E-state index in [1.54, 1.807) is 0 Å². The zero-order valence-electron chi connectivity index (χ0n) is 8.83. The van der Waals surface area contributed by atoms with Crippen molar-refractivity contribution < 1.29 is 8.42 Å². The Morgan fingerprint density at radius 2 is 1.94 bits per heavy atom. The molecule has 2 N–H and O–H groups in total. The van der Waals surface area contributed by atoms with Crippen molar-refractivity contribution in [3.05, 3.63) is 12.3 Å². The second kappa shape index (κ2) is 4.34. The lowest BCUT2D eigenvalue weighted by Crippen LogP contribution is -2.31. The first-order valence-electron chi connectivity index (χ1n) is 5.18. The fourth-order valence-electron chi connectivity index (χ4n) is 1.74. The lowest BCUT2D eigenvalue weighted by atomic mass is 10.1. The number of nitrogens with two attached hydrogens (primary N) is 1. The van der Waals surface area contributed by atoms with E-state index in [0.29, 0.717) is 5.95 Å². The highest BCUT2D eigenvalue weighted by molar-refractivity contribution is 7.89. The number of primary sulfonamides is 1. The molecule has 0 radical (unpaired) electrons. The third-order valence-electron chi connectivity index (χ3n) is 2.55. The summed E-state index contributed by atoms with van der Waals surface area (Å²) >= 11 is 0. The Kier molecular flexibility index (Phi) is 3.06. The molecule has 0 atom stereocenters. The second-order valence-electron chi connectivity index (χ2n) is 3.79. The van der Waals surface area contributed by atoms with Crippen molar-refractivity contribution in [3.63, 3.8) is 0 Å². The Bertz CT molecular complexity index is 468. The molecule has 0 amide bonds. The van der Waals surface area contributed by atoms with Gasteiger partial charge in [0, 0.05) is 19.3 Å². The maximum absolute atomic E-state index is 11.1. The highest BCUT2D eigenvalue weighted by Crippen LogP contribution is 2.16. The molecule has 1 saturated heterocycles. The van der Waals surface area contributed by atoms with Crippen LogP contribution in [0.4, 0.5) is 5.95 Å². The lowest BCUT2D eigenvalue weighted by Gasteiger charge is -2.26. The summed E-state index contributed by atoms with van der Waals surface area (Å²) in [6.45, 7) is 1.74. The standard InChI is InChI=1S/C9H14N4O2S/c10-16(14,15)8-4-5-11-9(12-8)13-6-2-1-3-7-13/h4-5H,1-3,6-7H2,(H2,10,14,15). The summed E-state index contributed by atoms with van der Waals surface area (Å²) in [7, 11) is -3.74. The number of anilines is 1. The van der Waals surface area contributed by atoms with Crippen molar-refractivity contribution >= 4 is 16.0 Å². The Morgan fingerprint density at radius 3 is 2.56 bits per heavy atom. The van der Waals surface area contributed by atoms with Crippen LogP contribution in [0.3, 0.4) is 0 Å². The van der Waals surface area contributed by atoms with Gasteiger partial charge < -0.3 is 4.90 Å². The topological polar surface area (TPSA) is 89.2 Å². The van der Waals surface area contributed by atoms with E-state index in [-0.39, 0.29) is 5.03 Å².